The monoisotopic (exact) mass is 225 g/mol. The van der Waals surface area contributed by atoms with Crippen LogP contribution in [0, 0.1) is 11.7 Å². The van der Waals surface area contributed by atoms with Crippen LogP contribution in [-0.4, -0.2) is 17.4 Å². The molecule has 0 aliphatic carbocycles. The molecule has 0 aromatic carbocycles. The Balaban J connectivity index is 2.62. The molecule has 88 valence electrons. The molecular weight excluding hydrogens is 209 g/mol. The molecule has 1 aromatic rings. The van der Waals surface area contributed by atoms with Crippen molar-refractivity contribution in [2.24, 2.45) is 5.92 Å². The van der Waals surface area contributed by atoms with Crippen molar-refractivity contribution in [2.75, 3.05) is 12.3 Å². The molecule has 1 aromatic heterocycles. The fourth-order valence-electron chi connectivity index (χ4n) is 1.20. The summed E-state index contributed by atoms with van der Waals surface area (Å²) in [4.78, 5) is 15.2. The SMILES string of the molecule is CC(C)CCNC(=O)c1cc(F)cnc1N. The number of carbonyl (C=O) groups is 1. The van der Waals surface area contributed by atoms with E-state index in [4.69, 9.17) is 5.73 Å². The minimum absolute atomic E-state index is 0.0449. The molecule has 1 heterocycles. The first-order valence-electron chi connectivity index (χ1n) is 5.20. The van der Waals surface area contributed by atoms with E-state index < -0.39 is 5.82 Å². The highest BCUT2D eigenvalue weighted by Gasteiger charge is 2.11. The molecule has 0 saturated carbocycles. The van der Waals surface area contributed by atoms with Crippen LogP contribution in [0.1, 0.15) is 30.6 Å². The molecule has 0 atom stereocenters. The molecule has 0 aliphatic rings. The van der Waals surface area contributed by atoms with Gasteiger partial charge in [-0.05, 0) is 18.4 Å². The topological polar surface area (TPSA) is 68.0 Å². The van der Waals surface area contributed by atoms with Gasteiger partial charge in [0.2, 0.25) is 0 Å². The maximum absolute atomic E-state index is 12.9. The number of carbonyl (C=O) groups excluding carboxylic acids is 1. The lowest BCUT2D eigenvalue weighted by Gasteiger charge is -2.08. The van der Waals surface area contributed by atoms with E-state index in [0.717, 1.165) is 18.7 Å². The third-order valence-electron chi connectivity index (χ3n) is 2.14. The molecule has 0 unspecified atom stereocenters. The van der Waals surface area contributed by atoms with Crippen LogP contribution >= 0.6 is 0 Å². The van der Waals surface area contributed by atoms with E-state index in [2.05, 4.69) is 24.1 Å². The Morgan fingerprint density at radius 1 is 1.62 bits per heavy atom. The molecular formula is C11H16FN3O. The summed E-state index contributed by atoms with van der Waals surface area (Å²) < 4.78 is 12.9. The third-order valence-corrected chi connectivity index (χ3v) is 2.14. The number of hydrogen-bond acceptors (Lipinski definition) is 3. The zero-order valence-corrected chi connectivity index (χ0v) is 9.46. The third kappa shape index (κ3) is 3.49. The normalized spacial score (nSPS) is 10.5. The Morgan fingerprint density at radius 2 is 2.31 bits per heavy atom. The number of rotatable bonds is 4. The lowest BCUT2D eigenvalue weighted by atomic mass is 10.1. The second kappa shape index (κ2) is 5.44. The van der Waals surface area contributed by atoms with Gasteiger partial charge in [-0.2, -0.15) is 0 Å². The highest BCUT2D eigenvalue weighted by Crippen LogP contribution is 2.09. The van der Waals surface area contributed by atoms with Gasteiger partial charge in [-0.1, -0.05) is 13.8 Å². The molecule has 0 bridgehead atoms. The van der Waals surface area contributed by atoms with E-state index in [1.807, 2.05) is 0 Å². The van der Waals surface area contributed by atoms with Crippen LogP contribution in [0.15, 0.2) is 12.3 Å². The van der Waals surface area contributed by atoms with Crippen molar-refractivity contribution in [3.63, 3.8) is 0 Å². The Morgan fingerprint density at radius 3 is 2.94 bits per heavy atom. The lowest BCUT2D eigenvalue weighted by molar-refractivity contribution is 0.0952. The van der Waals surface area contributed by atoms with Crippen LogP contribution in [0.2, 0.25) is 0 Å². The number of amides is 1. The zero-order chi connectivity index (χ0) is 12.1. The number of nitrogens with zero attached hydrogens (tertiary/aromatic N) is 1. The standard InChI is InChI=1S/C11H16FN3O/c1-7(2)3-4-14-11(16)9-5-8(12)6-15-10(9)13/h5-7H,3-4H2,1-2H3,(H2,13,15)(H,14,16). The smallest absolute Gasteiger partial charge is 0.255 e. The van der Waals surface area contributed by atoms with Crippen LogP contribution < -0.4 is 11.1 Å². The summed E-state index contributed by atoms with van der Waals surface area (Å²) >= 11 is 0. The van der Waals surface area contributed by atoms with Crippen LogP contribution in [0.3, 0.4) is 0 Å². The van der Waals surface area contributed by atoms with Crippen LogP contribution in [0.25, 0.3) is 0 Å². The van der Waals surface area contributed by atoms with Crippen molar-refractivity contribution in [1.29, 1.82) is 0 Å². The first-order chi connectivity index (χ1) is 7.50. The lowest BCUT2D eigenvalue weighted by Crippen LogP contribution is -2.26. The molecule has 0 radical (unpaired) electrons. The minimum atomic E-state index is -0.566. The first-order valence-corrected chi connectivity index (χ1v) is 5.20. The maximum atomic E-state index is 12.9. The summed E-state index contributed by atoms with van der Waals surface area (Å²) in [6, 6.07) is 1.09. The summed E-state index contributed by atoms with van der Waals surface area (Å²) in [5.74, 6) is -0.403. The van der Waals surface area contributed by atoms with Crippen molar-refractivity contribution >= 4 is 11.7 Å². The van der Waals surface area contributed by atoms with Gasteiger partial charge in [-0.15, -0.1) is 0 Å². The molecule has 1 amide bonds. The molecule has 4 nitrogen and oxygen atoms in total. The zero-order valence-electron chi connectivity index (χ0n) is 9.46. The van der Waals surface area contributed by atoms with E-state index in [9.17, 15) is 9.18 Å². The number of anilines is 1. The van der Waals surface area contributed by atoms with Gasteiger partial charge in [0.25, 0.3) is 5.91 Å². The van der Waals surface area contributed by atoms with E-state index >= 15 is 0 Å². The molecule has 0 fully saturated rings. The van der Waals surface area contributed by atoms with Gasteiger partial charge < -0.3 is 11.1 Å². The molecule has 0 saturated heterocycles. The quantitative estimate of drug-likeness (QED) is 0.817. The molecule has 0 spiro atoms. The predicted molar refractivity (Wildman–Crippen MR) is 60.4 cm³/mol. The maximum Gasteiger partial charge on any atom is 0.255 e. The number of nitrogen functional groups attached to an aromatic ring is 1. The number of nitrogens with two attached hydrogens (primary N) is 1. The summed E-state index contributed by atoms with van der Waals surface area (Å²) in [5.41, 5.74) is 5.57. The van der Waals surface area contributed by atoms with Crippen molar-refractivity contribution in [1.82, 2.24) is 10.3 Å². The van der Waals surface area contributed by atoms with E-state index in [1.54, 1.807) is 0 Å². The van der Waals surface area contributed by atoms with E-state index in [1.165, 1.54) is 0 Å². The molecule has 3 N–H and O–H groups in total. The molecule has 1 rings (SSSR count). The summed E-state index contributed by atoms with van der Waals surface area (Å²) in [5, 5.41) is 2.67. The minimum Gasteiger partial charge on any atom is -0.383 e. The van der Waals surface area contributed by atoms with Crippen LogP contribution in [0.5, 0.6) is 0 Å². The van der Waals surface area contributed by atoms with Gasteiger partial charge in [0.05, 0.1) is 11.8 Å². The first kappa shape index (κ1) is 12.4. The second-order valence-corrected chi connectivity index (χ2v) is 4.02. The van der Waals surface area contributed by atoms with Crippen molar-refractivity contribution in [3.8, 4) is 0 Å². The Kier molecular flexibility index (Phi) is 4.22. The fraction of sp³-hybridized carbons (Fsp3) is 0.455. The number of aromatic nitrogens is 1. The molecule has 16 heavy (non-hydrogen) atoms. The van der Waals surface area contributed by atoms with Gasteiger partial charge in [-0.3, -0.25) is 4.79 Å². The second-order valence-electron chi connectivity index (χ2n) is 4.02. The average molecular weight is 225 g/mol. The summed E-state index contributed by atoms with van der Waals surface area (Å²) in [6.07, 6.45) is 1.86. The molecule has 5 heteroatoms. The van der Waals surface area contributed by atoms with Crippen LogP contribution in [0.4, 0.5) is 10.2 Å². The van der Waals surface area contributed by atoms with E-state index in [0.29, 0.717) is 12.5 Å². The summed E-state index contributed by atoms with van der Waals surface area (Å²) in [6.45, 7) is 4.67. The highest BCUT2D eigenvalue weighted by molar-refractivity contribution is 5.98. The molecule has 0 aliphatic heterocycles. The van der Waals surface area contributed by atoms with Gasteiger partial charge in [0, 0.05) is 6.54 Å². The van der Waals surface area contributed by atoms with Crippen molar-refractivity contribution in [3.05, 3.63) is 23.6 Å². The summed E-state index contributed by atoms with van der Waals surface area (Å²) in [7, 11) is 0. The largest absolute Gasteiger partial charge is 0.383 e. The Hall–Kier alpha value is -1.65. The highest BCUT2D eigenvalue weighted by atomic mass is 19.1. The number of halogens is 1. The van der Waals surface area contributed by atoms with Gasteiger partial charge in [-0.25, -0.2) is 9.37 Å². The van der Waals surface area contributed by atoms with Crippen molar-refractivity contribution in [2.45, 2.75) is 20.3 Å². The number of pyridine rings is 1. The van der Waals surface area contributed by atoms with E-state index in [-0.39, 0.29) is 17.3 Å². The van der Waals surface area contributed by atoms with Gasteiger partial charge in [0.15, 0.2) is 0 Å². The predicted octanol–water partition coefficient (Wildman–Crippen LogP) is 1.58. The van der Waals surface area contributed by atoms with Gasteiger partial charge in [0.1, 0.15) is 11.6 Å². The van der Waals surface area contributed by atoms with Crippen molar-refractivity contribution < 1.29 is 9.18 Å². The Bertz CT molecular complexity index is 379. The Labute approximate surface area is 94.1 Å². The fourth-order valence-corrected chi connectivity index (χ4v) is 1.20. The van der Waals surface area contributed by atoms with Gasteiger partial charge >= 0.3 is 0 Å². The average Bonchev–Trinajstić information content (AvgIpc) is 2.21. The number of nitrogens with one attached hydrogen (secondary N) is 1. The number of hydrogen-bond donors (Lipinski definition) is 2. The van der Waals surface area contributed by atoms with Crippen LogP contribution in [-0.2, 0) is 0 Å².